The summed E-state index contributed by atoms with van der Waals surface area (Å²) in [6, 6.07) is -0.0760. The largest absolute Gasteiger partial charge is 0.340 e. The predicted molar refractivity (Wildman–Crippen MR) is 70.2 cm³/mol. The summed E-state index contributed by atoms with van der Waals surface area (Å²) in [6.07, 6.45) is 3.45. The molecule has 18 heavy (non-hydrogen) atoms. The van der Waals surface area contributed by atoms with Gasteiger partial charge >= 0.3 is 0 Å². The van der Waals surface area contributed by atoms with Crippen molar-refractivity contribution < 1.29 is 9.59 Å². The van der Waals surface area contributed by atoms with E-state index in [-0.39, 0.29) is 23.2 Å². The Morgan fingerprint density at radius 1 is 1.39 bits per heavy atom. The number of carbonyl (C=O) groups is 2. The summed E-state index contributed by atoms with van der Waals surface area (Å²) >= 11 is 1.20. The maximum Gasteiger partial charge on any atom is 0.279 e. The highest BCUT2D eigenvalue weighted by Crippen LogP contribution is 2.36. The zero-order chi connectivity index (χ0) is 12.7. The van der Waals surface area contributed by atoms with Crippen LogP contribution < -0.4 is 11.1 Å². The Balaban J connectivity index is 1.64. The van der Waals surface area contributed by atoms with Crippen LogP contribution in [0.1, 0.15) is 19.3 Å². The van der Waals surface area contributed by atoms with Crippen LogP contribution in [0.25, 0.3) is 0 Å². The Bertz CT molecular complexity index is 376. The van der Waals surface area contributed by atoms with Crippen molar-refractivity contribution in [3.63, 3.8) is 0 Å². The maximum atomic E-state index is 12.3. The summed E-state index contributed by atoms with van der Waals surface area (Å²) in [6.45, 7) is 1.61. The third-order valence-electron chi connectivity index (χ3n) is 4.44. The molecule has 2 saturated heterocycles. The minimum absolute atomic E-state index is 0.0787. The summed E-state index contributed by atoms with van der Waals surface area (Å²) in [5, 5.41) is 2.64. The highest BCUT2D eigenvalue weighted by Gasteiger charge is 2.42. The zero-order valence-electron chi connectivity index (χ0n) is 10.3. The van der Waals surface area contributed by atoms with Gasteiger partial charge in [-0.05, 0) is 24.7 Å². The lowest BCUT2D eigenvalue weighted by Gasteiger charge is -2.29. The van der Waals surface area contributed by atoms with E-state index in [1.54, 1.807) is 0 Å². The molecule has 0 radical (unpaired) electrons. The van der Waals surface area contributed by atoms with E-state index < -0.39 is 0 Å². The van der Waals surface area contributed by atoms with E-state index in [4.69, 9.17) is 5.73 Å². The van der Waals surface area contributed by atoms with E-state index in [1.807, 2.05) is 4.90 Å². The standard InChI is InChI=1S/C12H19N3O2S/c13-9-3-1-2-7-4-15(5-8(7)9)11(16)10-6-18-12(17)14-10/h7-10H,1-6,13H2,(H,14,17). The fraction of sp³-hybridized carbons (Fsp3) is 0.833. The number of nitrogens with zero attached hydrogens (tertiary/aromatic N) is 1. The Hall–Kier alpha value is -0.750. The van der Waals surface area contributed by atoms with E-state index in [1.165, 1.54) is 24.6 Å². The first kappa shape index (κ1) is 12.3. The van der Waals surface area contributed by atoms with Crippen LogP contribution >= 0.6 is 11.8 Å². The molecular formula is C12H19N3O2S. The Morgan fingerprint density at radius 2 is 2.22 bits per heavy atom. The third kappa shape index (κ3) is 2.12. The van der Waals surface area contributed by atoms with E-state index in [0.29, 0.717) is 17.6 Å². The predicted octanol–water partition coefficient (Wildman–Crippen LogP) is 0.397. The molecule has 3 N–H and O–H groups in total. The highest BCUT2D eigenvalue weighted by molar-refractivity contribution is 8.14. The van der Waals surface area contributed by atoms with Gasteiger partial charge < -0.3 is 16.0 Å². The molecule has 2 heterocycles. The first-order valence-electron chi connectivity index (χ1n) is 6.63. The number of fused-ring (bicyclic) bond motifs is 1. The molecule has 100 valence electrons. The van der Waals surface area contributed by atoms with Gasteiger partial charge in [0.2, 0.25) is 5.91 Å². The van der Waals surface area contributed by atoms with Gasteiger partial charge in [0, 0.05) is 24.9 Å². The van der Waals surface area contributed by atoms with Gasteiger partial charge in [0.1, 0.15) is 6.04 Å². The molecule has 3 aliphatic rings. The highest BCUT2D eigenvalue weighted by atomic mass is 32.2. The molecule has 1 aliphatic carbocycles. The van der Waals surface area contributed by atoms with Crippen LogP contribution in [-0.4, -0.2) is 47.0 Å². The van der Waals surface area contributed by atoms with Crippen LogP contribution in [0.15, 0.2) is 0 Å². The van der Waals surface area contributed by atoms with Crippen molar-refractivity contribution >= 4 is 22.9 Å². The van der Waals surface area contributed by atoms with E-state index >= 15 is 0 Å². The molecule has 0 spiro atoms. The normalized spacial score (nSPS) is 39.6. The number of carbonyl (C=O) groups excluding carboxylic acids is 2. The number of thioether (sulfide) groups is 1. The lowest BCUT2D eigenvalue weighted by Crippen LogP contribution is -2.45. The number of rotatable bonds is 1. The SMILES string of the molecule is NC1CCCC2CN(C(=O)C3CSC(=O)N3)CC12. The number of hydrogen-bond donors (Lipinski definition) is 2. The van der Waals surface area contributed by atoms with Gasteiger partial charge in [-0.2, -0.15) is 0 Å². The van der Waals surface area contributed by atoms with Gasteiger partial charge in [0.15, 0.2) is 0 Å². The molecule has 0 aromatic carbocycles. The lowest BCUT2D eigenvalue weighted by molar-refractivity contribution is -0.131. The second kappa shape index (κ2) is 4.74. The molecule has 3 fully saturated rings. The van der Waals surface area contributed by atoms with Crippen molar-refractivity contribution in [1.29, 1.82) is 0 Å². The third-order valence-corrected chi connectivity index (χ3v) is 5.32. The minimum Gasteiger partial charge on any atom is -0.340 e. The number of hydrogen-bond acceptors (Lipinski definition) is 4. The molecule has 2 aliphatic heterocycles. The van der Waals surface area contributed by atoms with Gasteiger partial charge in [-0.3, -0.25) is 9.59 Å². The molecule has 4 unspecified atom stereocenters. The average molecular weight is 269 g/mol. The van der Waals surface area contributed by atoms with Crippen LogP contribution in [0.3, 0.4) is 0 Å². The fourth-order valence-electron chi connectivity index (χ4n) is 3.43. The van der Waals surface area contributed by atoms with Gasteiger partial charge in [-0.25, -0.2) is 0 Å². The molecule has 2 amide bonds. The number of nitrogens with two attached hydrogens (primary N) is 1. The van der Waals surface area contributed by atoms with Gasteiger partial charge in [-0.15, -0.1) is 0 Å². The van der Waals surface area contributed by atoms with Gasteiger partial charge in [-0.1, -0.05) is 18.2 Å². The summed E-state index contributed by atoms with van der Waals surface area (Å²) < 4.78 is 0. The first-order chi connectivity index (χ1) is 8.65. The molecule has 4 atom stereocenters. The molecule has 0 aromatic heterocycles. The second-order valence-corrected chi connectivity index (χ2v) is 6.55. The monoisotopic (exact) mass is 269 g/mol. The van der Waals surface area contributed by atoms with Crippen LogP contribution in [0.2, 0.25) is 0 Å². The molecule has 1 saturated carbocycles. The molecular weight excluding hydrogens is 250 g/mol. The Morgan fingerprint density at radius 3 is 2.89 bits per heavy atom. The molecule has 3 rings (SSSR count). The van der Waals surface area contributed by atoms with Crippen molar-refractivity contribution in [2.75, 3.05) is 18.8 Å². The molecule has 6 heteroatoms. The van der Waals surface area contributed by atoms with Crippen LogP contribution in [-0.2, 0) is 4.79 Å². The van der Waals surface area contributed by atoms with Crippen LogP contribution in [0.5, 0.6) is 0 Å². The topological polar surface area (TPSA) is 75.4 Å². The fourth-order valence-corrected chi connectivity index (χ4v) is 4.20. The van der Waals surface area contributed by atoms with Crippen molar-refractivity contribution in [1.82, 2.24) is 10.2 Å². The van der Waals surface area contributed by atoms with Crippen molar-refractivity contribution in [3.8, 4) is 0 Å². The van der Waals surface area contributed by atoms with E-state index in [0.717, 1.165) is 19.5 Å². The van der Waals surface area contributed by atoms with Crippen molar-refractivity contribution in [3.05, 3.63) is 0 Å². The summed E-state index contributed by atoms with van der Waals surface area (Å²) in [5.74, 6) is 1.68. The van der Waals surface area contributed by atoms with Gasteiger partial charge in [0.25, 0.3) is 5.24 Å². The second-order valence-electron chi connectivity index (χ2n) is 5.56. The minimum atomic E-state index is -0.320. The van der Waals surface area contributed by atoms with Crippen molar-refractivity contribution in [2.24, 2.45) is 17.6 Å². The van der Waals surface area contributed by atoms with E-state index in [2.05, 4.69) is 5.32 Å². The van der Waals surface area contributed by atoms with Gasteiger partial charge in [0.05, 0.1) is 0 Å². The quantitative estimate of drug-likeness (QED) is 0.722. The van der Waals surface area contributed by atoms with E-state index in [9.17, 15) is 9.59 Å². The summed E-state index contributed by atoms with van der Waals surface area (Å²) in [4.78, 5) is 25.4. The van der Waals surface area contributed by atoms with Crippen molar-refractivity contribution in [2.45, 2.75) is 31.3 Å². The number of amides is 2. The maximum absolute atomic E-state index is 12.3. The smallest absolute Gasteiger partial charge is 0.279 e. The summed E-state index contributed by atoms with van der Waals surface area (Å²) in [5.41, 5.74) is 6.15. The Labute approximate surface area is 111 Å². The first-order valence-corrected chi connectivity index (χ1v) is 7.61. The summed E-state index contributed by atoms with van der Waals surface area (Å²) in [7, 11) is 0. The zero-order valence-corrected chi connectivity index (χ0v) is 11.1. The number of nitrogens with one attached hydrogen (secondary N) is 1. The number of likely N-dealkylation sites (tertiary alicyclic amines) is 1. The van der Waals surface area contributed by atoms with Crippen LogP contribution in [0, 0.1) is 11.8 Å². The molecule has 5 nitrogen and oxygen atoms in total. The average Bonchev–Trinajstić information content (AvgIpc) is 2.95. The molecule has 0 bridgehead atoms. The molecule has 0 aromatic rings. The van der Waals surface area contributed by atoms with Crippen LogP contribution in [0.4, 0.5) is 4.79 Å². The Kier molecular flexibility index (Phi) is 3.23. The lowest BCUT2D eigenvalue weighted by atomic mass is 9.78.